The maximum atomic E-state index is 13.9. The van der Waals surface area contributed by atoms with Crippen LogP contribution in [-0.2, 0) is 13.1 Å². The molecular formula is C16H14BrFN2. The Hall–Kier alpha value is -1.65. The number of hydrogen-bond donors (Lipinski definition) is 1. The topological polar surface area (TPSA) is 30.9 Å². The van der Waals surface area contributed by atoms with Crippen LogP contribution in [-0.4, -0.2) is 4.57 Å². The van der Waals surface area contributed by atoms with Crippen molar-refractivity contribution in [3.05, 3.63) is 70.1 Å². The molecule has 4 heteroatoms. The van der Waals surface area contributed by atoms with Gasteiger partial charge in [-0.05, 0) is 41.3 Å². The number of aromatic nitrogens is 1. The Morgan fingerprint density at radius 1 is 1.10 bits per heavy atom. The van der Waals surface area contributed by atoms with Crippen molar-refractivity contribution in [3.8, 4) is 0 Å². The number of rotatable bonds is 3. The third kappa shape index (κ3) is 2.49. The summed E-state index contributed by atoms with van der Waals surface area (Å²) < 4.78 is 16.7. The van der Waals surface area contributed by atoms with Crippen molar-refractivity contribution in [1.29, 1.82) is 0 Å². The molecule has 2 aromatic carbocycles. The minimum absolute atomic E-state index is 0.195. The van der Waals surface area contributed by atoms with Crippen molar-refractivity contribution in [3.63, 3.8) is 0 Å². The highest BCUT2D eigenvalue weighted by Crippen LogP contribution is 2.21. The van der Waals surface area contributed by atoms with E-state index in [2.05, 4.69) is 22.0 Å². The van der Waals surface area contributed by atoms with Gasteiger partial charge in [0.2, 0.25) is 0 Å². The molecule has 2 N–H and O–H groups in total. The first-order valence-corrected chi connectivity index (χ1v) is 7.18. The normalized spacial score (nSPS) is 11.2. The van der Waals surface area contributed by atoms with Crippen molar-refractivity contribution in [2.45, 2.75) is 13.1 Å². The zero-order valence-electron chi connectivity index (χ0n) is 10.8. The molecule has 0 aliphatic heterocycles. The highest BCUT2D eigenvalue weighted by atomic mass is 79.9. The summed E-state index contributed by atoms with van der Waals surface area (Å²) >= 11 is 3.27. The second kappa shape index (κ2) is 5.38. The van der Waals surface area contributed by atoms with Gasteiger partial charge in [0.05, 0.1) is 6.54 Å². The van der Waals surface area contributed by atoms with Crippen molar-refractivity contribution in [1.82, 2.24) is 4.57 Å². The van der Waals surface area contributed by atoms with Gasteiger partial charge in [0.15, 0.2) is 0 Å². The number of nitrogens with two attached hydrogens (primary N) is 1. The summed E-state index contributed by atoms with van der Waals surface area (Å²) in [5.41, 5.74) is 8.51. The molecule has 102 valence electrons. The molecule has 0 saturated heterocycles. The first-order valence-electron chi connectivity index (χ1n) is 6.39. The Bertz CT molecular complexity index is 764. The molecule has 2 nitrogen and oxygen atoms in total. The van der Waals surface area contributed by atoms with E-state index >= 15 is 0 Å². The molecule has 0 spiro atoms. The molecule has 1 aromatic heterocycles. The fourth-order valence-electron chi connectivity index (χ4n) is 2.35. The van der Waals surface area contributed by atoms with E-state index < -0.39 is 0 Å². The number of benzene rings is 2. The fourth-order valence-corrected chi connectivity index (χ4v) is 2.68. The first-order chi connectivity index (χ1) is 9.67. The average Bonchev–Trinajstić information content (AvgIpc) is 2.84. The smallest absolute Gasteiger partial charge is 0.129 e. The Kier molecular flexibility index (Phi) is 3.59. The van der Waals surface area contributed by atoms with Crippen molar-refractivity contribution >= 4 is 26.8 Å². The van der Waals surface area contributed by atoms with Crippen molar-refractivity contribution in [2.24, 2.45) is 5.73 Å². The molecule has 0 saturated carbocycles. The van der Waals surface area contributed by atoms with Gasteiger partial charge in [0.25, 0.3) is 0 Å². The quantitative estimate of drug-likeness (QED) is 0.770. The minimum Gasteiger partial charge on any atom is -0.343 e. The molecule has 3 aromatic rings. The van der Waals surface area contributed by atoms with Crippen molar-refractivity contribution in [2.75, 3.05) is 0 Å². The van der Waals surface area contributed by atoms with Gasteiger partial charge in [-0.1, -0.05) is 28.1 Å². The van der Waals surface area contributed by atoms with Gasteiger partial charge in [0.1, 0.15) is 5.82 Å². The molecule has 0 unspecified atom stereocenters. The van der Waals surface area contributed by atoms with Crippen LogP contribution in [0.15, 0.2) is 53.1 Å². The van der Waals surface area contributed by atoms with E-state index in [0.717, 1.165) is 20.9 Å². The maximum Gasteiger partial charge on any atom is 0.129 e. The highest BCUT2D eigenvalue weighted by Gasteiger charge is 2.06. The fraction of sp³-hybridized carbons (Fsp3) is 0.125. The van der Waals surface area contributed by atoms with Gasteiger partial charge >= 0.3 is 0 Å². The summed E-state index contributed by atoms with van der Waals surface area (Å²) in [5.74, 6) is -0.195. The molecule has 0 bridgehead atoms. The van der Waals surface area contributed by atoms with Crippen LogP contribution in [0.25, 0.3) is 10.9 Å². The highest BCUT2D eigenvalue weighted by molar-refractivity contribution is 9.10. The van der Waals surface area contributed by atoms with Gasteiger partial charge < -0.3 is 10.3 Å². The summed E-state index contributed by atoms with van der Waals surface area (Å²) in [4.78, 5) is 0. The summed E-state index contributed by atoms with van der Waals surface area (Å²) in [6, 6.07) is 13.3. The van der Waals surface area contributed by atoms with Crippen molar-refractivity contribution < 1.29 is 4.39 Å². The molecule has 0 amide bonds. The van der Waals surface area contributed by atoms with E-state index in [9.17, 15) is 4.39 Å². The van der Waals surface area contributed by atoms with E-state index in [-0.39, 0.29) is 5.82 Å². The SMILES string of the molecule is NCc1ccc2c(ccn2Cc2ccc(Br)cc2F)c1. The monoisotopic (exact) mass is 332 g/mol. The molecular weight excluding hydrogens is 319 g/mol. The predicted octanol–water partition coefficient (Wildman–Crippen LogP) is 4.05. The standard InChI is InChI=1S/C16H14BrFN2/c17-14-3-2-13(15(18)8-14)10-20-6-5-12-7-11(9-19)1-4-16(12)20/h1-8H,9-10,19H2. The van der Waals surface area contributed by atoms with Gasteiger partial charge in [0, 0.05) is 28.3 Å². The lowest BCUT2D eigenvalue weighted by molar-refractivity contribution is 0.601. The van der Waals surface area contributed by atoms with E-state index in [1.54, 1.807) is 6.07 Å². The number of hydrogen-bond acceptors (Lipinski definition) is 1. The van der Waals surface area contributed by atoms with Crippen LogP contribution >= 0.6 is 15.9 Å². The molecule has 20 heavy (non-hydrogen) atoms. The molecule has 0 fully saturated rings. The molecule has 0 aliphatic carbocycles. The lowest BCUT2D eigenvalue weighted by Crippen LogP contribution is -2.01. The molecule has 1 heterocycles. The van der Waals surface area contributed by atoms with Crippen LogP contribution in [0, 0.1) is 5.82 Å². The number of fused-ring (bicyclic) bond motifs is 1. The van der Waals surface area contributed by atoms with Gasteiger partial charge in [-0.3, -0.25) is 0 Å². The Morgan fingerprint density at radius 3 is 2.70 bits per heavy atom. The third-order valence-electron chi connectivity index (χ3n) is 3.43. The van der Waals surface area contributed by atoms with Crippen LogP contribution in [0.2, 0.25) is 0 Å². The first kappa shape index (κ1) is 13.3. The Morgan fingerprint density at radius 2 is 1.95 bits per heavy atom. The molecule has 0 radical (unpaired) electrons. The van der Waals surface area contributed by atoms with Crippen LogP contribution < -0.4 is 5.73 Å². The van der Waals surface area contributed by atoms with Crippen LogP contribution in [0.5, 0.6) is 0 Å². The van der Waals surface area contributed by atoms with Crippen LogP contribution in [0.1, 0.15) is 11.1 Å². The third-order valence-corrected chi connectivity index (χ3v) is 3.92. The van der Waals surface area contributed by atoms with Crippen LogP contribution in [0.4, 0.5) is 4.39 Å². The largest absolute Gasteiger partial charge is 0.343 e. The maximum absolute atomic E-state index is 13.9. The molecule has 3 rings (SSSR count). The number of nitrogens with zero attached hydrogens (tertiary/aromatic N) is 1. The van der Waals surface area contributed by atoms with Gasteiger partial charge in [-0.2, -0.15) is 0 Å². The lowest BCUT2D eigenvalue weighted by Gasteiger charge is -2.08. The average molecular weight is 333 g/mol. The van der Waals surface area contributed by atoms with E-state index in [1.165, 1.54) is 6.07 Å². The summed E-state index contributed by atoms with van der Waals surface area (Å²) in [6.07, 6.45) is 1.98. The van der Waals surface area contributed by atoms with Gasteiger partial charge in [-0.15, -0.1) is 0 Å². The van der Waals surface area contributed by atoms with E-state index in [0.29, 0.717) is 18.7 Å². The zero-order valence-corrected chi connectivity index (χ0v) is 12.4. The minimum atomic E-state index is -0.195. The predicted molar refractivity (Wildman–Crippen MR) is 83.0 cm³/mol. The lowest BCUT2D eigenvalue weighted by atomic mass is 10.1. The summed E-state index contributed by atoms with van der Waals surface area (Å²) in [6.45, 7) is 1.05. The second-order valence-electron chi connectivity index (χ2n) is 4.78. The molecule has 0 aliphatic rings. The Balaban J connectivity index is 1.98. The molecule has 0 atom stereocenters. The van der Waals surface area contributed by atoms with Crippen LogP contribution in [0.3, 0.4) is 0 Å². The Labute approximate surface area is 125 Å². The zero-order chi connectivity index (χ0) is 14.1. The summed E-state index contributed by atoms with van der Waals surface area (Å²) in [5, 5.41) is 1.13. The van der Waals surface area contributed by atoms with Gasteiger partial charge in [-0.25, -0.2) is 4.39 Å². The second-order valence-corrected chi connectivity index (χ2v) is 5.69. The van der Waals surface area contributed by atoms with E-state index in [4.69, 9.17) is 5.73 Å². The summed E-state index contributed by atoms with van der Waals surface area (Å²) in [7, 11) is 0. The number of halogens is 2. The van der Waals surface area contributed by atoms with E-state index in [1.807, 2.05) is 35.0 Å².